The molecule has 94 valence electrons. The number of rotatable bonds is 4. The minimum Gasteiger partial charge on any atom is -0.377 e. The van der Waals surface area contributed by atoms with Crippen molar-refractivity contribution in [1.29, 1.82) is 0 Å². The summed E-state index contributed by atoms with van der Waals surface area (Å²) >= 11 is 0. The number of fused-ring (bicyclic) bond motifs is 2. The second-order valence-corrected chi connectivity index (χ2v) is 5.83. The molecule has 0 spiro atoms. The van der Waals surface area contributed by atoms with Gasteiger partial charge < -0.3 is 15.4 Å². The highest BCUT2D eigenvalue weighted by molar-refractivity contribution is 4.95. The summed E-state index contributed by atoms with van der Waals surface area (Å²) in [5.74, 6) is 0.674. The van der Waals surface area contributed by atoms with E-state index in [1.807, 2.05) is 0 Å². The molecule has 2 heterocycles. The predicted octanol–water partition coefficient (Wildman–Crippen LogP) is 1.61. The quantitative estimate of drug-likeness (QED) is 0.791. The first-order chi connectivity index (χ1) is 7.58. The average Bonchev–Trinajstić information content (AvgIpc) is 2.50. The lowest BCUT2D eigenvalue weighted by Crippen LogP contribution is -2.47. The molecule has 3 atom stereocenters. The summed E-state index contributed by atoms with van der Waals surface area (Å²) < 4.78 is 5.64. The van der Waals surface area contributed by atoms with Crippen molar-refractivity contribution in [1.82, 2.24) is 4.90 Å². The molecular formula is C13H26N2O. The zero-order chi connectivity index (χ0) is 11.7. The van der Waals surface area contributed by atoms with Crippen LogP contribution in [0.2, 0.25) is 0 Å². The molecule has 2 aliphatic rings. The van der Waals surface area contributed by atoms with Crippen molar-refractivity contribution in [3.63, 3.8) is 0 Å². The van der Waals surface area contributed by atoms with Crippen LogP contribution in [0.1, 0.15) is 39.5 Å². The van der Waals surface area contributed by atoms with Crippen LogP contribution in [0, 0.1) is 5.92 Å². The second kappa shape index (κ2) is 5.03. The van der Waals surface area contributed by atoms with Gasteiger partial charge in [0.15, 0.2) is 0 Å². The molecule has 0 aromatic rings. The zero-order valence-electron chi connectivity index (χ0n) is 10.9. The Kier molecular flexibility index (Phi) is 3.88. The van der Waals surface area contributed by atoms with Crippen molar-refractivity contribution >= 4 is 0 Å². The van der Waals surface area contributed by atoms with Gasteiger partial charge in [0.2, 0.25) is 0 Å². The minimum absolute atomic E-state index is 0.235. The predicted molar refractivity (Wildman–Crippen MR) is 66.4 cm³/mol. The first kappa shape index (κ1) is 12.3. The van der Waals surface area contributed by atoms with Gasteiger partial charge in [-0.15, -0.1) is 0 Å². The van der Waals surface area contributed by atoms with Crippen molar-refractivity contribution < 1.29 is 4.74 Å². The largest absolute Gasteiger partial charge is 0.377 e. The molecule has 2 rings (SSSR count). The van der Waals surface area contributed by atoms with Gasteiger partial charge in [0.1, 0.15) is 0 Å². The molecule has 0 aromatic carbocycles. The highest BCUT2D eigenvalue weighted by Crippen LogP contribution is 2.38. The molecule has 0 radical (unpaired) electrons. The van der Waals surface area contributed by atoms with Gasteiger partial charge in [0, 0.05) is 18.1 Å². The molecule has 2 saturated heterocycles. The van der Waals surface area contributed by atoms with Crippen molar-refractivity contribution in [2.45, 2.75) is 63.8 Å². The summed E-state index contributed by atoms with van der Waals surface area (Å²) in [4.78, 5) is 2.56. The van der Waals surface area contributed by atoms with Crippen molar-refractivity contribution in [2.75, 3.05) is 13.7 Å². The smallest absolute Gasteiger partial charge is 0.0623 e. The zero-order valence-corrected chi connectivity index (χ0v) is 10.9. The maximum absolute atomic E-state index is 6.25. The Bertz CT molecular complexity index is 218. The summed E-state index contributed by atoms with van der Waals surface area (Å²) in [6, 6.07) is 1.81. The fourth-order valence-corrected chi connectivity index (χ4v) is 3.24. The van der Waals surface area contributed by atoms with E-state index in [1.54, 1.807) is 0 Å². The van der Waals surface area contributed by atoms with E-state index in [0.29, 0.717) is 12.0 Å². The Labute approximate surface area is 99.3 Å². The summed E-state index contributed by atoms with van der Waals surface area (Å²) in [5.41, 5.74) is 6.25. The first-order valence-corrected chi connectivity index (χ1v) is 6.67. The molecule has 3 nitrogen and oxygen atoms in total. The third-order valence-electron chi connectivity index (χ3n) is 4.36. The molecule has 0 aromatic heterocycles. The standard InChI is InChI=1S/C13H26N2O/c1-9(2)16-8-13(14)10-6-11-4-5-12(7-10)15(11)3/h9-13H,4-8,14H2,1-3H3. The van der Waals surface area contributed by atoms with Gasteiger partial charge in [-0.2, -0.15) is 0 Å². The number of ether oxygens (including phenoxy) is 1. The lowest BCUT2D eigenvalue weighted by molar-refractivity contribution is 0.0384. The van der Waals surface area contributed by atoms with Crippen molar-refractivity contribution in [2.24, 2.45) is 11.7 Å². The third-order valence-corrected chi connectivity index (χ3v) is 4.36. The van der Waals surface area contributed by atoms with E-state index in [0.717, 1.165) is 18.7 Å². The van der Waals surface area contributed by atoms with Gasteiger partial charge in [0.05, 0.1) is 12.7 Å². The fraction of sp³-hybridized carbons (Fsp3) is 1.00. The Morgan fingerprint density at radius 2 is 1.81 bits per heavy atom. The Morgan fingerprint density at radius 3 is 2.31 bits per heavy atom. The molecule has 0 saturated carbocycles. The third kappa shape index (κ3) is 2.58. The second-order valence-electron chi connectivity index (χ2n) is 5.83. The molecule has 2 fully saturated rings. The van der Waals surface area contributed by atoms with Crippen LogP contribution in [0.5, 0.6) is 0 Å². The summed E-state index contributed by atoms with van der Waals surface area (Å²) in [7, 11) is 2.27. The van der Waals surface area contributed by atoms with E-state index in [1.165, 1.54) is 25.7 Å². The Morgan fingerprint density at radius 1 is 1.25 bits per heavy atom. The molecule has 2 aliphatic heterocycles. The van der Waals surface area contributed by atoms with Crippen molar-refractivity contribution in [3.05, 3.63) is 0 Å². The van der Waals surface area contributed by atoms with Gasteiger partial charge in [-0.3, -0.25) is 0 Å². The number of piperidine rings is 1. The molecule has 2 bridgehead atoms. The molecule has 16 heavy (non-hydrogen) atoms. The fourth-order valence-electron chi connectivity index (χ4n) is 3.24. The van der Waals surface area contributed by atoms with Gasteiger partial charge in [0.25, 0.3) is 0 Å². The van der Waals surface area contributed by atoms with Crippen LogP contribution in [0.4, 0.5) is 0 Å². The van der Waals surface area contributed by atoms with Gasteiger partial charge >= 0.3 is 0 Å². The molecule has 0 aliphatic carbocycles. The number of hydrogen-bond donors (Lipinski definition) is 1. The molecule has 0 amide bonds. The summed E-state index contributed by atoms with van der Waals surface area (Å²) in [6.07, 6.45) is 5.59. The van der Waals surface area contributed by atoms with E-state index >= 15 is 0 Å². The van der Waals surface area contributed by atoms with Crippen LogP contribution in [0.3, 0.4) is 0 Å². The van der Waals surface area contributed by atoms with E-state index in [2.05, 4.69) is 25.8 Å². The number of nitrogens with zero attached hydrogens (tertiary/aromatic N) is 1. The van der Waals surface area contributed by atoms with Gasteiger partial charge in [-0.25, -0.2) is 0 Å². The van der Waals surface area contributed by atoms with E-state index < -0.39 is 0 Å². The van der Waals surface area contributed by atoms with E-state index in [-0.39, 0.29) is 6.04 Å². The average molecular weight is 226 g/mol. The summed E-state index contributed by atoms with van der Waals surface area (Å²) in [5, 5.41) is 0. The Hall–Kier alpha value is -0.120. The maximum Gasteiger partial charge on any atom is 0.0623 e. The SMILES string of the molecule is CC(C)OCC(N)C1CC2CCC(C1)N2C. The van der Waals surface area contributed by atoms with Gasteiger partial charge in [-0.1, -0.05) is 0 Å². The van der Waals surface area contributed by atoms with Crippen molar-refractivity contribution in [3.8, 4) is 0 Å². The highest BCUT2D eigenvalue weighted by atomic mass is 16.5. The number of hydrogen-bond acceptors (Lipinski definition) is 3. The molecular weight excluding hydrogens is 200 g/mol. The number of nitrogens with two attached hydrogens (primary N) is 1. The van der Waals surface area contributed by atoms with Crippen LogP contribution >= 0.6 is 0 Å². The normalized spacial score (nSPS) is 36.9. The highest BCUT2D eigenvalue weighted by Gasteiger charge is 2.40. The van der Waals surface area contributed by atoms with Crippen LogP contribution in [0.25, 0.3) is 0 Å². The monoisotopic (exact) mass is 226 g/mol. The lowest BCUT2D eigenvalue weighted by Gasteiger charge is -2.38. The molecule has 3 unspecified atom stereocenters. The lowest BCUT2D eigenvalue weighted by atomic mass is 9.86. The van der Waals surface area contributed by atoms with Crippen LogP contribution in [0.15, 0.2) is 0 Å². The van der Waals surface area contributed by atoms with Crippen LogP contribution in [-0.4, -0.2) is 42.8 Å². The maximum atomic E-state index is 6.25. The van der Waals surface area contributed by atoms with E-state index in [9.17, 15) is 0 Å². The van der Waals surface area contributed by atoms with Gasteiger partial charge in [-0.05, 0) is 52.5 Å². The minimum atomic E-state index is 0.235. The van der Waals surface area contributed by atoms with E-state index in [4.69, 9.17) is 10.5 Å². The van der Waals surface area contributed by atoms with Crippen LogP contribution in [-0.2, 0) is 4.74 Å². The first-order valence-electron chi connectivity index (χ1n) is 6.67. The molecule has 3 heteroatoms. The van der Waals surface area contributed by atoms with Crippen LogP contribution < -0.4 is 5.73 Å². The topological polar surface area (TPSA) is 38.5 Å². The Balaban J connectivity index is 1.83. The molecule has 2 N–H and O–H groups in total. The summed E-state index contributed by atoms with van der Waals surface area (Å²) in [6.45, 7) is 4.88.